The summed E-state index contributed by atoms with van der Waals surface area (Å²) in [4.78, 5) is 10.8. The van der Waals surface area contributed by atoms with E-state index in [1.165, 1.54) is 0 Å². The molecule has 0 amide bonds. The molecule has 17 heavy (non-hydrogen) atoms. The van der Waals surface area contributed by atoms with Gasteiger partial charge in [0.25, 0.3) is 0 Å². The molecule has 94 valence electrons. The first-order chi connectivity index (χ1) is 8.33. The summed E-state index contributed by atoms with van der Waals surface area (Å²) >= 11 is 0. The molecule has 0 atom stereocenters. The van der Waals surface area contributed by atoms with Crippen molar-refractivity contribution in [1.29, 1.82) is 0 Å². The highest BCUT2D eigenvalue weighted by Crippen LogP contribution is 2.17. The van der Waals surface area contributed by atoms with E-state index in [4.69, 9.17) is 15.2 Å². The number of hydrogen-bond donors (Lipinski definition) is 1. The first kappa shape index (κ1) is 12.1. The molecule has 0 bridgehead atoms. The van der Waals surface area contributed by atoms with Gasteiger partial charge in [0.1, 0.15) is 5.82 Å². The van der Waals surface area contributed by atoms with E-state index < -0.39 is 0 Å². The van der Waals surface area contributed by atoms with Gasteiger partial charge in [-0.15, -0.1) is 0 Å². The van der Waals surface area contributed by atoms with Crippen LogP contribution >= 0.6 is 0 Å². The number of morpholine rings is 1. The number of nitrogens with zero attached hydrogens (tertiary/aromatic N) is 3. The quantitative estimate of drug-likeness (QED) is 0.784. The van der Waals surface area contributed by atoms with Crippen molar-refractivity contribution in [3.63, 3.8) is 0 Å². The topological polar surface area (TPSA) is 73.5 Å². The SMILES string of the molecule is COc1nc(CCN)cc(N2CCOCC2)n1. The van der Waals surface area contributed by atoms with E-state index >= 15 is 0 Å². The molecule has 0 saturated carbocycles. The molecule has 0 radical (unpaired) electrons. The summed E-state index contributed by atoms with van der Waals surface area (Å²) in [6.45, 7) is 3.74. The van der Waals surface area contributed by atoms with E-state index in [0.717, 1.165) is 44.2 Å². The second-order valence-electron chi connectivity index (χ2n) is 3.84. The van der Waals surface area contributed by atoms with Crippen molar-refractivity contribution in [3.05, 3.63) is 11.8 Å². The number of hydrogen-bond acceptors (Lipinski definition) is 6. The maximum absolute atomic E-state index is 5.55. The van der Waals surface area contributed by atoms with E-state index in [1.54, 1.807) is 7.11 Å². The van der Waals surface area contributed by atoms with Crippen molar-refractivity contribution in [2.75, 3.05) is 44.9 Å². The van der Waals surface area contributed by atoms with E-state index in [0.29, 0.717) is 12.6 Å². The van der Waals surface area contributed by atoms with Crippen LogP contribution in [0.15, 0.2) is 6.07 Å². The van der Waals surface area contributed by atoms with Crippen LogP contribution in [0.4, 0.5) is 5.82 Å². The van der Waals surface area contributed by atoms with Gasteiger partial charge in [-0.1, -0.05) is 0 Å². The lowest BCUT2D eigenvalue weighted by molar-refractivity contribution is 0.122. The third kappa shape index (κ3) is 3.04. The van der Waals surface area contributed by atoms with E-state index in [-0.39, 0.29) is 0 Å². The molecule has 6 heteroatoms. The lowest BCUT2D eigenvalue weighted by Gasteiger charge is -2.28. The van der Waals surface area contributed by atoms with Crippen LogP contribution in [0.25, 0.3) is 0 Å². The lowest BCUT2D eigenvalue weighted by Crippen LogP contribution is -2.37. The van der Waals surface area contributed by atoms with Crippen molar-refractivity contribution in [1.82, 2.24) is 9.97 Å². The molecule has 2 rings (SSSR count). The smallest absolute Gasteiger partial charge is 0.318 e. The molecule has 1 aliphatic rings. The van der Waals surface area contributed by atoms with Crippen molar-refractivity contribution in [2.45, 2.75) is 6.42 Å². The Bertz CT molecular complexity index is 366. The zero-order valence-corrected chi connectivity index (χ0v) is 10.1. The average Bonchev–Trinajstić information content (AvgIpc) is 2.40. The summed E-state index contributed by atoms with van der Waals surface area (Å²) in [5.74, 6) is 0.892. The molecule has 1 aromatic heterocycles. The second kappa shape index (κ2) is 5.79. The Labute approximate surface area is 101 Å². The Morgan fingerprint density at radius 3 is 2.82 bits per heavy atom. The van der Waals surface area contributed by atoms with E-state index in [2.05, 4.69) is 14.9 Å². The van der Waals surface area contributed by atoms with Crippen LogP contribution in [0.1, 0.15) is 5.69 Å². The molecular weight excluding hydrogens is 220 g/mol. The Morgan fingerprint density at radius 1 is 1.41 bits per heavy atom. The van der Waals surface area contributed by atoms with Gasteiger partial charge in [-0.25, -0.2) is 4.98 Å². The van der Waals surface area contributed by atoms with Crippen LogP contribution in [-0.4, -0.2) is 49.9 Å². The number of nitrogens with two attached hydrogens (primary N) is 1. The first-order valence-electron chi connectivity index (χ1n) is 5.78. The van der Waals surface area contributed by atoms with Gasteiger partial charge >= 0.3 is 6.01 Å². The Morgan fingerprint density at radius 2 is 2.18 bits per heavy atom. The standard InChI is InChI=1S/C11H18N4O2/c1-16-11-13-9(2-3-12)8-10(14-11)15-4-6-17-7-5-15/h8H,2-7,12H2,1H3. The van der Waals surface area contributed by atoms with Gasteiger partial charge in [-0.2, -0.15) is 4.98 Å². The van der Waals surface area contributed by atoms with Gasteiger partial charge < -0.3 is 20.1 Å². The summed E-state index contributed by atoms with van der Waals surface area (Å²) in [6.07, 6.45) is 0.732. The summed E-state index contributed by atoms with van der Waals surface area (Å²) in [6, 6.07) is 2.37. The molecule has 0 aromatic carbocycles. The summed E-state index contributed by atoms with van der Waals surface area (Å²) in [5.41, 5.74) is 6.46. The fourth-order valence-corrected chi connectivity index (χ4v) is 1.78. The number of ether oxygens (including phenoxy) is 2. The lowest BCUT2D eigenvalue weighted by atomic mass is 10.3. The third-order valence-electron chi connectivity index (χ3n) is 2.66. The van der Waals surface area contributed by atoms with Gasteiger partial charge in [-0.05, 0) is 6.54 Å². The summed E-state index contributed by atoms with van der Waals surface area (Å²) in [7, 11) is 1.57. The third-order valence-corrected chi connectivity index (χ3v) is 2.66. The maximum atomic E-state index is 5.55. The summed E-state index contributed by atoms with van der Waals surface area (Å²) in [5, 5.41) is 0. The fourth-order valence-electron chi connectivity index (χ4n) is 1.78. The zero-order valence-electron chi connectivity index (χ0n) is 10.1. The molecular formula is C11H18N4O2. The van der Waals surface area contributed by atoms with Crippen LogP contribution in [0.5, 0.6) is 6.01 Å². The fraction of sp³-hybridized carbons (Fsp3) is 0.636. The highest BCUT2D eigenvalue weighted by Gasteiger charge is 2.14. The molecule has 1 aromatic rings. The minimum Gasteiger partial charge on any atom is -0.467 e. The van der Waals surface area contributed by atoms with Crippen LogP contribution in [-0.2, 0) is 11.2 Å². The highest BCUT2D eigenvalue weighted by atomic mass is 16.5. The van der Waals surface area contributed by atoms with Gasteiger partial charge in [0.05, 0.1) is 26.0 Å². The molecule has 0 aliphatic carbocycles. The van der Waals surface area contributed by atoms with Crippen molar-refractivity contribution in [3.8, 4) is 6.01 Å². The molecule has 1 saturated heterocycles. The predicted octanol–water partition coefficient (Wildman–Crippen LogP) is -0.177. The van der Waals surface area contributed by atoms with Crippen molar-refractivity contribution in [2.24, 2.45) is 5.73 Å². The highest BCUT2D eigenvalue weighted by molar-refractivity contribution is 5.41. The normalized spacial score (nSPS) is 16.0. The van der Waals surface area contributed by atoms with Gasteiger partial charge in [0.15, 0.2) is 0 Å². The summed E-state index contributed by atoms with van der Waals surface area (Å²) < 4.78 is 10.4. The molecule has 2 N–H and O–H groups in total. The molecule has 1 aliphatic heterocycles. The molecule has 1 fully saturated rings. The van der Waals surface area contributed by atoms with Crippen LogP contribution in [0, 0.1) is 0 Å². The zero-order chi connectivity index (χ0) is 12.1. The molecule has 0 unspecified atom stereocenters. The van der Waals surface area contributed by atoms with Crippen molar-refractivity contribution < 1.29 is 9.47 Å². The minimum absolute atomic E-state index is 0.400. The number of methoxy groups -OCH3 is 1. The van der Waals surface area contributed by atoms with E-state index in [1.807, 2.05) is 6.07 Å². The molecule has 2 heterocycles. The minimum atomic E-state index is 0.400. The largest absolute Gasteiger partial charge is 0.467 e. The Kier molecular flexibility index (Phi) is 4.11. The average molecular weight is 238 g/mol. The Hall–Kier alpha value is -1.40. The number of rotatable bonds is 4. The Balaban J connectivity index is 2.21. The number of anilines is 1. The van der Waals surface area contributed by atoms with Crippen LogP contribution < -0.4 is 15.4 Å². The van der Waals surface area contributed by atoms with Crippen molar-refractivity contribution >= 4 is 5.82 Å². The second-order valence-corrected chi connectivity index (χ2v) is 3.84. The molecule has 0 spiro atoms. The first-order valence-corrected chi connectivity index (χ1v) is 5.78. The number of aromatic nitrogens is 2. The maximum Gasteiger partial charge on any atom is 0.318 e. The predicted molar refractivity (Wildman–Crippen MR) is 64.4 cm³/mol. The van der Waals surface area contributed by atoms with E-state index in [9.17, 15) is 0 Å². The van der Waals surface area contributed by atoms with Crippen LogP contribution in [0.3, 0.4) is 0 Å². The molecule has 6 nitrogen and oxygen atoms in total. The monoisotopic (exact) mass is 238 g/mol. The van der Waals surface area contributed by atoms with Gasteiger partial charge in [-0.3, -0.25) is 0 Å². The van der Waals surface area contributed by atoms with Gasteiger partial charge in [0.2, 0.25) is 0 Å². The van der Waals surface area contributed by atoms with Crippen LogP contribution in [0.2, 0.25) is 0 Å². The van der Waals surface area contributed by atoms with Gasteiger partial charge in [0, 0.05) is 25.6 Å².